The highest BCUT2D eigenvalue weighted by atomic mass is 31.2. The Labute approximate surface area is 117 Å². The maximum Gasteiger partial charge on any atom is 0.466 e. The summed E-state index contributed by atoms with van der Waals surface area (Å²) in [6.45, 7) is 4.56. The second kappa shape index (κ2) is 7.77. The van der Waals surface area contributed by atoms with Gasteiger partial charge in [-0.1, -0.05) is 0 Å². The molecule has 5 nitrogen and oxygen atoms in total. The first kappa shape index (κ1) is 22.9. The normalized spacial score (nSPS) is 14.0. The Hall–Kier alpha value is -0.350. The van der Waals surface area contributed by atoms with Gasteiger partial charge in [0, 0.05) is 11.6 Å². The number of phosphoric acid groups is 1. The third-order valence-electron chi connectivity index (χ3n) is 1.59. The molecule has 0 aromatic carbocycles. The summed E-state index contributed by atoms with van der Waals surface area (Å²) in [5.74, 6) is 0. The molecular weight excluding hydrogens is 331 g/mol. The zero-order valence-electron chi connectivity index (χ0n) is 11.5. The van der Waals surface area contributed by atoms with Crippen molar-refractivity contribution in [1.82, 2.24) is 5.32 Å². The van der Waals surface area contributed by atoms with Crippen molar-refractivity contribution < 1.29 is 45.6 Å². The Morgan fingerprint density at radius 1 is 0.905 bits per heavy atom. The fourth-order valence-corrected chi connectivity index (χ4v) is 1.35. The molecule has 0 atom stereocenters. The molecule has 130 valence electrons. The van der Waals surface area contributed by atoms with Crippen LogP contribution in [0, 0.1) is 0 Å². The molecule has 0 heterocycles. The van der Waals surface area contributed by atoms with Gasteiger partial charge in [-0.2, -0.15) is 26.3 Å². The molecule has 0 bridgehead atoms. The van der Waals surface area contributed by atoms with Crippen LogP contribution in [0.1, 0.15) is 33.6 Å². The first-order chi connectivity index (χ1) is 8.79. The van der Waals surface area contributed by atoms with E-state index in [0.29, 0.717) is 0 Å². The van der Waals surface area contributed by atoms with Gasteiger partial charge in [-0.05, 0) is 20.8 Å². The number of alkyl halides is 6. The summed E-state index contributed by atoms with van der Waals surface area (Å²) in [6.07, 6.45) is -12.2. The van der Waals surface area contributed by atoms with Crippen LogP contribution < -0.4 is 5.32 Å². The number of hydrogen-bond donors (Lipinski definition) is 4. The zero-order chi connectivity index (χ0) is 17.7. The average Bonchev–Trinajstić information content (AvgIpc) is 1.86. The molecule has 0 aromatic heterocycles. The molecule has 0 saturated heterocycles. The number of nitrogens with one attached hydrogen (secondary N) is 1. The van der Waals surface area contributed by atoms with Gasteiger partial charge < -0.3 is 20.0 Å². The van der Waals surface area contributed by atoms with Gasteiger partial charge in [0.15, 0.2) is 0 Å². The molecule has 0 unspecified atom stereocenters. The monoisotopic (exact) mass is 349 g/mol. The second-order valence-electron chi connectivity index (χ2n) is 5.24. The van der Waals surface area contributed by atoms with Crippen molar-refractivity contribution in [3.8, 4) is 0 Å². The number of hydrogen-bond acceptors (Lipinski definition) is 2. The molecule has 0 amide bonds. The van der Waals surface area contributed by atoms with Gasteiger partial charge in [-0.15, -0.1) is 0 Å². The van der Waals surface area contributed by atoms with Crippen LogP contribution in [0.25, 0.3) is 0 Å². The zero-order valence-corrected chi connectivity index (χ0v) is 12.4. The van der Waals surface area contributed by atoms with E-state index in [1.54, 1.807) is 0 Å². The second-order valence-corrected chi connectivity index (χ2v) is 6.27. The largest absolute Gasteiger partial charge is 0.466 e. The maximum atomic E-state index is 12.0. The Morgan fingerprint density at radius 3 is 1.29 bits per heavy atom. The van der Waals surface area contributed by atoms with Gasteiger partial charge in [-0.25, -0.2) is 4.57 Å². The standard InChI is InChI=1S/C9H15F6N.H3O4P/c1-7(2,3)16-6(4-8(10,11)12)5-9(13,14)15;1-5(2,3)4/h6,16H,4-5H2,1-3H3;(H3,1,2,3,4). The molecule has 0 fully saturated rings. The Balaban J connectivity index is 0. The molecule has 0 spiro atoms. The summed E-state index contributed by atoms with van der Waals surface area (Å²) in [5.41, 5.74) is -0.791. The minimum atomic E-state index is -4.64. The lowest BCUT2D eigenvalue weighted by atomic mass is 10.0. The smallest absolute Gasteiger partial charge is 0.309 e. The van der Waals surface area contributed by atoms with Crippen LogP contribution in [0.15, 0.2) is 0 Å². The summed E-state index contributed by atoms with van der Waals surface area (Å²) < 4.78 is 81.2. The predicted molar refractivity (Wildman–Crippen MR) is 62.3 cm³/mol. The Kier molecular flexibility index (Phi) is 8.49. The van der Waals surface area contributed by atoms with Crippen molar-refractivity contribution in [1.29, 1.82) is 0 Å². The van der Waals surface area contributed by atoms with Gasteiger partial charge >= 0.3 is 20.2 Å². The van der Waals surface area contributed by atoms with Crippen molar-refractivity contribution in [3.05, 3.63) is 0 Å². The van der Waals surface area contributed by atoms with Crippen LogP contribution in [-0.2, 0) is 4.57 Å². The fraction of sp³-hybridized carbons (Fsp3) is 1.00. The van der Waals surface area contributed by atoms with Crippen LogP contribution in [0.2, 0.25) is 0 Å². The maximum absolute atomic E-state index is 12.0. The molecule has 0 aliphatic heterocycles. The first-order valence-corrected chi connectivity index (χ1v) is 7.04. The first-order valence-electron chi connectivity index (χ1n) is 5.48. The highest BCUT2D eigenvalue weighted by Gasteiger charge is 2.39. The molecule has 0 aliphatic carbocycles. The highest BCUT2D eigenvalue weighted by Crippen LogP contribution is 2.29. The fourth-order valence-electron chi connectivity index (χ4n) is 1.35. The van der Waals surface area contributed by atoms with Gasteiger partial charge in [-0.3, -0.25) is 0 Å². The average molecular weight is 349 g/mol. The summed E-state index contributed by atoms with van der Waals surface area (Å²) in [4.78, 5) is 21.6. The number of halogens is 6. The van der Waals surface area contributed by atoms with E-state index in [-0.39, 0.29) is 0 Å². The molecule has 0 saturated carbocycles. The Bertz CT molecular complexity index is 299. The van der Waals surface area contributed by atoms with Crippen molar-refractivity contribution in [2.24, 2.45) is 0 Å². The van der Waals surface area contributed by atoms with Crippen molar-refractivity contribution in [2.75, 3.05) is 0 Å². The molecular formula is C9H18F6NO4P. The number of rotatable bonds is 3. The van der Waals surface area contributed by atoms with Crippen LogP contribution in [0.5, 0.6) is 0 Å². The van der Waals surface area contributed by atoms with E-state index in [2.05, 4.69) is 5.32 Å². The Morgan fingerprint density at radius 2 is 1.14 bits per heavy atom. The van der Waals surface area contributed by atoms with Crippen LogP contribution in [-0.4, -0.2) is 38.6 Å². The minimum Gasteiger partial charge on any atom is -0.309 e. The molecule has 0 aromatic rings. The quantitative estimate of drug-likeness (QED) is 0.465. The summed E-state index contributed by atoms with van der Waals surface area (Å²) in [5, 5.41) is 2.33. The van der Waals surface area contributed by atoms with E-state index in [1.165, 1.54) is 20.8 Å². The third kappa shape index (κ3) is 28.5. The van der Waals surface area contributed by atoms with Crippen molar-refractivity contribution in [2.45, 2.75) is 57.5 Å². The van der Waals surface area contributed by atoms with Crippen molar-refractivity contribution in [3.63, 3.8) is 0 Å². The minimum absolute atomic E-state index is 0.791. The SMILES string of the molecule is CC(C)(C)NC(CC(F)(F)F)CC(F)(F)F.O=P(O)(O)O. The van der Waals surface area contributed by atoms with E-state index >= 15 is 0 Å². The lowest BCUT2D eigenvalue weighted by Gasteiger charge is -2.29. The molecule has 0 rings (SSSR count). The lowest BCUT2D eigenvalue weighted by molar-refractivity contribution is -0.166. The molecule has 0 radical (unpaired) electrons. The highest BCUT2D eigenvalue weighted by molar-refractivity contribution is 7.45. The van der Waals surface area contributed by atoms with Crippen molar-refractivity contribution >= 4 is 7.82 Å². The molecule has 0 aliphatic rings. The molecule has 21 heavy (non-hydrogen) atoms. The lowest BCUT2D eigenvalue weighted by Crippen LogP contribution is -2.47. The van der Waals surface area contributed by atoms with Gasteiger partial charge in [0.05, 0.1) is 12.8 Å². The molecule has 12 heteroatoms. The topological polar surface area (TPSA) is 89.8 Å². The van der Waals surface area contributed by atoms with Crippen LogP contribution in [0.3, 0.4) is 0 Å². The van der Waals surface area contributed by atoms with Gasteiger partial charge in [0.2, 0.25) is 0 Å². The van der Waals surface area contributed by atoms with E-state index in [4.69, 9.17) is 19.2 Å². The third-order valence-corrected chi connectivity index (χ3v) is 1.59. The van der Waals surface area contributed by atoms with Gasteiger partial charge in [0.1, 0.15) is 0 Å². The van der Waals surface area contributed by atoms with E-state index in [9.17, 15) is 26.3 Å². The summed E-state index contributed by atoms with van der Waals surface area (Å²) in [6, 6.07) is -1.64. The van der Waals surface area contributed by atoms with Crippen LogP contribution in [0.4, 0.5) is 26.3 Å². The van der Waals surface area contributed by atoms with E-state index in [1.807, 2.05) is 0 Å². The summed E-state index contributed by atoms with van der Waals surface area (Å²) in [7, 11) is -4.64. The van der Waals surface area contributed by atoms with Crippen LogP contribution >= 0.6 is 7.82 Å². The predicted octanol–water partition coefficient (Wildman–Crippen LogP) is 2.72. The van der Waals surface area contributed by atoms with E-state index < -0.39 is 44.6 Å². The van der Waals surface area contributed by atoms with E-state index in [0.717, 1.165) is 0 Å². The van der Waals surface area contributed by atoms with Gasteiger partial charge in [0.25, 0.3) is 0 Å². The molecule has 4 N–H and O–H groups in total. The summed E-state index contributed by atoms with van der Waals surface area (Å²) >= 11 is 0.